The smallest absolute Gasteiger partial charge is 0.335 e. The lowest BCUT2D eigenvalue weighted by Crippen LogP contribution is -2.48. The summed E-state index contributed by atoms with van der Waals surface area (Å²) < 4.78 is 12.1. The number of benzene rings is 2. The highest BCUT2D eigenvalue weighted by molar-refractivity contribution is 5.93. The first kappa shape index (κ1) is 22.8. The number of esters is 1. The van der Waals surface area contributed by atoms with E-state index in [4.69, 9.17) is 14.5 Å². The number of hydrogen-bond acceptors (Lipinski definition) is 7. The molecule has 33 heavy (non-hydrogen) atoms. The van der Waals surface area contributed by atoms with E-state index in [0.717, 1.165) is 48.9 Å². The van der Waals surface area contributed by atoms with Crippen LogP contribution in [0.1, 0.15) is 16.2 Å². The monoisotopic (exact) mass is 452 g/mol. The molecule has 3 aromatic rings. The van der Waals surface area contributed by atoms with Crippen LogP contribution in [0.4, 0.5) is 5.69 Å². The Labute approximate surface area is 192 Å². The van der Waals surface area contributed by atoms with Crippen molar-refractivity contribution in [1.29, 1.82) is 0 Å². The maximum Gasteiger partial charge on any atom is 0.335 e. The molecule has 0 radical (unpaired) electrons. The Bertz CT molecular complexity index is 1150. The molecule has 1 aliphatic rings. The molecule has 9 heteroatoms. The highest BCUT2D eigenvalue weighted by Crippen LogP contribution is 2.27. The Morgan fingerprint density at radius 3 is 2.48 bits per heavy atom. The van der Waals surface area contributed by atoms with E-state index < -0.39 is 5.97 Å². The van der Waals surface area contributed by atoms with Crippen LogP contribution in [0.2, 0.25) is 0 Å². The van der Waals surface area contributed by atoms with Gasteiger partial charge in [0, 0.05) is 51.1 Å². The maximum absolute atomic E-state index is 11.6. The second-order valence-electron chi connectivity index (χ2n) is 7.97. The molecule has 1 aromatic heterocycles. The summed E-state index contributed by atoms with van der Waals surface area (Å²) in [6, 6.07) is 13.3. The fourth-order valence-corrected chi connectivity index (χ4v) is 4.15. The second kappa shape index (κ2) is 10.0. The molecule has 0 aliphatic carbocycles. The van der Waals surface area contributed by atoms with Crippen molar-refractivity contribution < 1.29 is 24.2 Å². The third-order valence-corrected chi connectivity index (χ3v) is 5.91. The molecule has 0 unspecified atom stereocenters. The van der Waals surface area contributed by atoms with Gasteiger partial charge >= 0.3 is 11.9 Å². The molecular weight excluding hydrogens is 424 g/mol. The molecule has 0 spiro atoms. The SMILES string of the molecule is COCCc1nc2cc(C(=O)O)ccc2n1-c1cccc(N2CCN(CC(=O)OC)CC2)c1. The number of carboxylic acids is 1. The number of ether oxygens (including phenoxy) is 2. The first-order valence-corrected chi connectivity index (χ1v) is 10.9. The molecule has 1 N–H and O–H groups in total. The summed E-state index contributed by atoms with van der Waals surface area (Å²) in [4.78, 5) is 32.1. The number of nitrogens with zero attached hydrogens (tertiary/aromatic N) is 4. The van der Waals surface area contributed by atoms with Crippen LogP contribution in [0, 0.1) is 0 Å². The van der Waals surface area contributed by atoms with Gasteiger partial charge in [0.25, 0.3) is 0 Å². The normalized spacial score (nSPS) is 14.5. The standard InChI is InChI=1S/C24H28N4O5/c1-32-13-8-22-25-20-14-17(24(30)31)6-7-21(20)28(22)19-5-3-4-18(15-19)27-11-9-26(10-12-27)16-23(29)33-2/h3-7,14-15H,8-13,16H2,1-2H3,(H,30,31). The van der Waals surface area contributed by atoms with Gasteiger partial charge in [0.1, 0.15) is 5.82 Å². The molecule has 9 nitrogen and oxygen atoms in total. The number of anilines is 1. The molecule has 0 atom stereocenters. The number of carbonyl (C=O) groups excluding carboxylic acids is 1. The zero-order chi connectivity index (χ0) is 23.4. The quantitative estimate of drug-likeness (QED) is 0.520. The second-order valence-corrected chi connectivity index (χ2v) is 7.97. The van der Waals surface area contributed by atoms with Gasteiger partial charge in [-0.2, -0.15) is 0 Å². The number of rotatable bonds is 8. The Balaban J connectivity index is 1.63. The van der Waals surface area contributed by atoms with Crippen molar-refractivity contribution in [3.8, 4) is 5.69 Å². The highest BCUT2D eigenvalue weighted by Gasteiger charge is 2.21. The Morgan fingerprint density at radius 1 is 1.03 bits per heavy atom. The molecule has 1 fully saturated rings. The first-order chi connectivity index (χ1) is 16.0. The van der Waals surface area contributed by atoms with Crippen molar-refractivity contribution in [2.24, 2.45) is 0 Å². The van der Waals surface area contributed by atoms with Gasteiger partial charge in [-0.3, -0.25) is 14.3 Å². The summed E-state index contributed by atoms with van der Waals surface area (Å²) in [5, 5.41) is 9.35. The number of aromatic carboxylic acids is 1. The Hall–Kier alpha value is -3.43. The minimum atomic E-state index is -0.974. The van der Waals surface area contributed by atoms with Gasteiger partial charge < -0.3 is 19.5 Å². The number of imidazole rings is 1. The third-order valence-electron chi connectivity index (χ3n) is 5.91. The van der Waals surface area contributed by atoms with Gasteiger partial charge in [-0.1, -0.05) is 6.07 Å². The highest BCUT2D eigenvalue weighted by atomic mass is 16.5. The number of carbonyl (C=O) groups is 2. The van der Waals surface area contributed by atoms with Crippen molar-refractivity contribution in [1.82, 2.24) is 14.5 Å². The first-order valence-electron chi connectivity index (χ1n) is 10.9. The predicted molar refractivity (Wildman–Crippen MR) is 124 cm³/mol. The van der Waals surface area contributed by atoms with Crippen LogP contribution in [0.5, 0.6) is 0 Å². The van der Waals surface area contributed by atoms with E-state index in [1.54, 1.807) is 25.3 Å². The van der Waals surface area contributed by atoms with Crippen molar-refractivity contribution in [3.05, 3.63) is 53.9 Å². The number of hydrogen-bond donors (Lipinski definition) is 1. The number of aromatic nitrogens is 2. The zero-order valence-corrected chi connectivity index (χ0v) is 18.9. The molecule has 1 aliphatic heterocycles. The Kier molecular flexibility index (Phi) is 6.90. The summed E-state index contributed by atoms with van der Waals surface area (Å²) in [6.45, 7) is 4.01. The van der Waals surface area contributed by atoms with Gasteiger partial charge in [0.15, 0.2) is 0 Å². The molecule has 0 saturated carbocycles. The maximum atomic E-state index is 11.6. The number of piperazine rings is 1. The fourth-order valence-electron chi connectivity index (χ4n) is 4.15. The molecular formula is C24H28N4O5. The molecule has 1 saturated heterocycles. The van der Waals surface area contributed by atoms with E-state index in [0.29, 0.717) is 25.1 Å². The van der Waals surface area contributed by atoms with Crippen LogP contribution < -0.4 is 4.90 Å². The lowest BCUT2D eigenvalue weighted by atomic mass is 10.2. The summed E-state index contributed by atoms with van der Waals surface area (Å²) in [6.07, 6.45) is 0.601. The topological polar surface area (TPSA) is 97.1 Å². The van der Waals surface area contributed by atoms with Crippen molar-refractivity contribution in [3.63, 3.8) is 0 Å². The van der Waals surface area contributed by atoms with Gasteiger partial charge in [0.2, 0.25) is 0 Å². The van der Waals surface area contributed by atoms with E-state index in [-0.39, 0.29) is 11.5 Å². The van der Waals surface area contributed by atoms with Crippen molar-refractivity contribution >= 4 is 28.7 Å². The lowest BCUT2D eigenvalue weighted by Gasteiger charge is -2.35. The van der Waals surface area contributed by atoms with E-state index in [1.807, 2.05) is 12.1 Å². The summed E-state index contributed by atoms with van der Waals surface area (Å²) in [5.74, 6) is -0.375. The van der Waals surface area contributed by atoms with E-state index in [2.05, 4.69) is 26.5 Å². The zero-order valence-electron chi connectivity index (χ0n) is 18.9. The minimum absolute atomic E-state index is 0.212. The molecule has 0 amide bonds. The average molecular weight is 453 g/mol. The molecule has 174 valence electrons. The van der Waals surface area contributed by atoms with Crippen LogP contribution in [0.3, 0.4) is 0 Å². The van der Waals surface area contributed by atoms with E-state index in [1.165, 1.54) is 7.11 Å². The molecule has 4 rings (SSSR count). The largest absolute Gasteiger partial charge is 0.478 e. The van der Waals surface area contributed by atoms with Crippen LogP contribution in [0.25, 0.3) is 16.7 Å². The van der Waals surface area contributed by atoms with Crippen LogP contribution in [0.15, 0.2) is 42.5 Å². The molecule has 0 bridgehead atoms. The molecule has 2 heterocycles. The van der Waals surface area contributed by atoms with E-state index in [9.17, 15) is 14.7 Å². The third kappa shape index (κ3) is 4.99. The van der Waals surface area contributed by atoms with Gasteiger partial charge in [-0.05, 0) is 36.4 Å². The molecule has 2 aromatic carbocycles. The van der Waals surface area contributed by atoms with E-state index >= 15 is 0 Å². The van der Waals surface area contributed by atoms with Gasteiger partial charge in [-0.25, -0.2) is 9.78 Å². The van der Waals surface area contributed by atoms with Gasteiger partial charge in [-0.15, -0.1) is 0 Å². The summed E-state index contributed by atoms with van der Waals surface area (Å²) >= 11 is 0. The number of methoxy groups -OCH3 is 2. The minimum Gasteiger partial charge on any atom is -0.478 e. The fraction of sp³-hybridized carbons (Fsp3) is 0.375. The van der Waals surface area contributed by atoms with Crippen molar-refractivity contribution in [2.75, 3.05) is 58.5 Å². The summed E-state index contributed by atoms with van der Waals surface area (Å²) in [5.41, 5.74) is 3.76. The van der Waals surface area contributed by atoms with Crippen LogP contribution >= 0.6 is 0 Å². The lowest BCUT2D eigenvalue weighted by molar-refractivity contribution is -0.142. The summed E-state index contributed by atoms with van der Waals surface area (Å²) in [7, 11) is 3.06. The number of carboxylic acid groups (broad SMARTS) is 1. The Morgan fingerprint density at radius 2 is 1.79 bits per heavy atom. The van der Waals surface area contributed by atoms with Crippen molar-refractivity contribution in [2.45, 2.75) is 6.42 Å². The van der Waals surface area contributed by atoms with Crippen LogP contribution in [-0.4, -0.2) is 85.0 Å². The van der Waals surface area contributed by atoms with Gasteiger partial charge in [0.05, 0.1) is 36.9 Å². The van der Waals surface area contributed by atoms with Crippen LogP contribution in [-0.2, 0) is 20.7 Å². The predicted octanol–water partition coefficient (Wildman–Crippen LogP) is 2.21. The average Bonchev–Trinajstić information content (AvgIpc) is 3.20. The number of fused-ring (bicyclic) bond motifs is 1.